The van der Waals surface area contributed by atoms with Crippen molar-refractivity contribution in [3.63, 3.8) is 0 Å². The van der Waals surface area contributed by atoms with Crippen molar-refractivity contribution in [3.8, 4) is 0 Å². The number of benzene rings is 2. The highest BCUT2D eigenvalue weighted by Gasteiger charge is 2.21. The molecule has 0 radical (unpaired) electrons. The van der Waals surface area contributed by atoms with Gasteiger partial charge in [-0.3, -0.25) is 0 Å². The Balaban J connectivity index is 1.65. The summed E-state index contributed by atoms with van der Waals surface area (Å²) >= 11 is -2.54. The second-order valence-corrected chi connectivity index (χ2v) is 9.50. The maximum atomic E-state index is 12.7. The minimum Gasteiger partial charge on any atom is -0.593 e. The van der Waals surface area contributed by atoms with Gasteiger partial charge < -0.3 is 14.0 Å². The van der Waals surface area contributed by atoms with Gasteiger partial charge in [0.15, 0.2) is 9.79 Å². The van der Waals surface area contributed by atoms with Crippen LogP contribution >= 0.6 is 0 Å². The molecule has 1 heterocycles. The van der Waals surface area contributed by atoms with Gasteiger partial charge in [-0.2, -0.15) is 0 Å². The number of hydrogen-bond acceptors (Lipinski definition) is 5. The van der Waals surface area contributed by atoms with Gasteiger partial charge in [-0.25, -0.2) is 4.72 Å². The van der Waals surface area contributed by atoms with Gasteiger partial charge in [0.1, 0.15) is 11.4 Å². The molecule has 1 fully saturated rings. The average Bonchev–Trinajstić information content (AvgIpc) is 2.75. The van der Waals surface area contributed by atoms with Gasteiger partial charge in [-0.15, -0.1) is 4.31 Å². The summed E-state index contributed by atoms with van der Waals surface area (Å²) in [7, 11) is 0. The highest BCUT2D eigenvalue weighted by atomic mass is 32.2. The summed E-state index contributed by atoms with van der Waals surface area (Å²) in [5.74, 6) is 0. The molecule has 0 saturated carbocycles. The Labute approximate surface area is 174 Å². The third-order valence-corrected chi connectivity index (χ3v) is 7.74. The Hall–Kier alpha value is -1.38. The maximum Gasteiger partial charge on any atom is 0.180 e. The van der Waals surface area contributed by atoms with Crippen LogP contribution < -0.4 is 9.62 Å². The number of hydrogen-bond donors (Lipinski definition) is 1. The summed E-state index contributed by atoms with van der Waals surface area (Å²) in [6.07, 6.45) is 3.75. The lowest BCUT2D eigenvalue weighted by molar-refractivity contribution is 0.444. The normalized spacial score (nSPS) is 16.8. The van der Waals surface area contributed by atoms with E-state index in [4.69, 9.17) is 0 Å². The van der Waals surface area contributed by atoms with Gasteiger partial charge in [-0.05, 0) is 51.3 Å². The minimum absolute atomic E-state index is 0.670. The topological polar surface area (TPSA) is 64.6 Å². The van der Waals surface area contributed by atoms with E-state index in [9.17, 15) is 9.11 Å². The van der Waals surface area contributed by atoms with Crippen molar-refractivity contribution in [2.45, 2.75) is 42.9 Å². The number of rotatable bonds is 8. The van der Waals surface area contributed by atoms with Gasteiger partial charge in [0.05, 0.1) is 17.0 Å². The predicted molar refractivity (Wildman–Crippen MR) is 118 cm³/mol. The summed E-state index contributed by atoms with van der Waals surface area (Å²) < 4.78 is 30.2. The molecule has 7 heteroatoms. The first-order chi connectivity index (χ1) is 13.6. The van der Waals surface area contributed by atoms with Crippen LogP contribution in [0.15, 0.2) is 58.3 Å². The van der Waals surface area contributed by atoms with Crippen LogP contribution in [0.2, 0.25) is 0 Å². The van der Waals surface area contributed by atoms with E-state index in [2.05, 4.69) is 21.8 Å². The smallest absolute Gasteiger partial charge is 0.180 e. The molecule has 0 aliphatic carbocycles. The standard InChI is InChI=1S/C21H29N3O2S2/c1-3-24(4-2)28(26)21-13-11-20(12-14-21)27(25)22-18-9-8-10-19(17-18)23-15-6-5-7-16-23/h8-14,17,22H,3-7,15-16H2,1-2H3. The number of piperidine rings is 1. The van der Waals surface area contributed by atoms with Crippen LogP contribution in [0.3, 0.4) is 0 Å². The van der Waals surface area contributed by atoms with Crippen molar-refractivity contribution >= 4 is 34.1 Å². The van der Waals surface area contributed by atoms with Crippen LogP contribution in [-0.4, -0.2) is 39.6 Å². The lowest BCUT2D eigenvalue weighted by Gasteiger charge is -2.29. The van der Waals surface area contributed by atoms with E-state index in [0.717, 1.165) is 36.8 Å². The molecule has 2 unspecified atom stereocenters. The van der Waals surface area contributed by atoms with Crippen molar-refractivity contribution in [3.05, 3.63) is 48.5 Å². The molecule has 5 nitrogen and oxygen atoms in total. The molecule has 28 heavy (non-hydrogen) atoms. The van der Waals surface area contributed by atoms with Crippen molar-refractivity contribution < 1.29 is 9.11 Å². The van der Waals surface area contributed by atoms with Gasteiger partial charge >= 0.3 is 0 Å². The quantitative estimate of drug-likeness (QED) is 0.651. The highest BCUT2D eigenvalue weighted by molar-refractivity contribution is 7.92. The van der Waals surface area contributed by atoms with E-state index in [-0.39, 0.29) is 0 Å². The summed E-state index contributed by atoms with van der Waals surface area (Å²) in [5, 5.41) is 0. The first-order valence-corrected chi connectivity index (χ1v) is 12.2. The zero-order valence-electron chi connectivity index (χ0n) is 16.6. The fourth-order valence-corrected chi connectivity index (χ4v) is 5.35. The van der Waals surface area contributed by atoms with Crippen LogP contribution in [-0.2, 0) is 22.7 Å². The summed E-state index contributed by atoms with van der Waals surface area (Å²) in [4.78, 5) is 3.79. The van der Waals surface area contributed by atoms with Gasteiger partial charge in [0, 0.05) is 56.1 Å². The van der Waals surface area contributed by atoms with Gasteiger partial charge in [-0.1, -0.05) is 6.07 Å². The van der Waals surface area contributed by atoms with Gasteiger partial charge in [0.2, 0.25) is 0 Å². The van der Waals surface area contributed by atoms with Crippen molar-refractivity contribution in [1.29, 1.82) is 0 Å². The average molecular weight is 420 g/mol. The van der Waals surface area contributed by atoms with E-state index < -0.39 is 22.7 Å². The molecule has 3 rings (SSSR count). The molecule has 0 bridgehead atoms. The SMILES string of the molecule is CCN(CC)[S+]([O-])c1ccc([S+]([O-])Nc2cccc(N3CCCCC3)c2)cc1. The van der Waals surface area contributed by atoms with Crippen LogP contribution in [0.5, 0.6) is 0 Å². The molecule has 2 aromatic rings. The molecule has 0 amide bonds. The molecular weight excluding hydrogens is 390 g/mol. The Bertz CT molecular complexity index is 735. The zero-order chi connectivity index (χ0) is 19.9. The largest absolute Gasteiger partial charge is 0.593 e. The summed E-state index contributed by atoms with van der Waals surface area (Å²) in [6.45, 7) is 7.60. The molecule has 1 saturated heterocycles. The lowest BCUT2D eigenvalue weighted by Crippen LogP contribution is -2.30. The van der Waals surface area contributed by atoms with Crippen LogP contribution in [0.25, 0.3) is 0 Å². The first kappa shape index (κ1) is 21.3. The minimum atomic E-state index is -1.36. The lowest BCUT2D eigenvalue weighted by atomic mass is 10.1. The van der Waals surface area contributed by atoms with Crippen LogP contribution in [0.4, 0.5) is 11.4 Å². The molecular formula is C21H29N3O2S2. The zero-order valence-corrected chi connectivity index (χ0v) is 18.2. The number of nitrogens with one attached hydrogen (secondary N) is 1. The second kappa shape index (κ2) is 10.4. The number of nitrogens with zero attached hydrogens (tertiary/aromatic N) is 2. The second-order valence-electron chi connectivity index (χ2n) is 6.80. The van der Waals surface area contributed by atoms with Crippen LogP contribution in [0, 0.1) is 0 Å². The Morgan fingerprint density at radius 1 is 0.929 bits per heavy atom. The molecule has 0 spiro atoms. The third kappa shape index (κ3) is 5.36. The summed E-state index contributed by atoms with van der Waals surface area (Å²) in [6, 6.07) is 15.3. The highest BCUT2D eigenvalue weighted by Crippen LogP contribution is 2.25. The molecule has 1 aliphatic heterocycles. The van der Waals surface area contributed by atoms with Crippen molar-refractivity contribution in [2.24, 2.45) is 0 Å². The fraction of sp³-hybridized carbons (Fsp3) is 0.429. The third-order valence-electron chi connectivity index (χ3n) is 4.96. The Morgan fingerprint density at radius 2 is 1.57 bits per heavy atom. The predicted octanol–water partition coefficient (Wildman–Crippen LogP) is 4.18. The van der Waals surface area contributed by atoms with E-state index in [1.807, 2.05) is 30.3 Å². The molecule has 1 N–H and O–H groups in total. The monoisotopic (exact) mass is 419 g/mol. The van der Waals surface area contributed by atoms with E-state index in [1.54, 1.807) is 24.3 Å². The fourth-order valence-electron chi connectivity index (χ4n) is 3.37. The molecule has 152 valence electrons. The molecule has 2 atom stereocenters. The molecule has 0 aromatic heterocycles. The Morgan fingerprint density at radius 3 is 2.21 bits per heavy atom. The van der Waals surface area contributed by atoms with E-state index in [1.165, 1.54) is 24.9 Å². The Kier molecular flexibility index (Phi) is 7.93. The number of anilines is 2. The molecule has 2 aromatic carbocycles. The van der Waals surface area contributed by atoms with E-state index >= 15 is 0 Å². The van der Waals surface area contributed by atoms with Crippen molar-refractivity contribution in [1.82, 2.24) is 4.31 Å². The summed E-state index contributed by atoms with van der Waals surface area (Å²) in [5.41, 5.74) is 2.02. The van der Waals surface area contributed by atoms with Crippen LogP contribution in [0.1, 0.15) is 33.1 Å². The van der Waals surface area contributed by atoms with Gasteiger partial charge in [0.25, 0.3) is 0 Å². The maximum absolute atomic E-state index is 12.7. The van der Waals surface area contributed by atoms with Crippen molar-refractivity contribution in [2.75, 3.05) is 35.8 Å². The molecule has 1 aliphatic rings. The van der Waals surface area contributed by atoms with E-state index in [0.29, 0.717) is 4.90 Å². The first-order valence-electron chi connectivity index (χ1n) is 9.92.